The minimum Gasteiger partial charge on any atom is -0.268 e. The van der Waals surface area contributed by atoms with Crippen LogP contribution in [0.25, 0.3) is 0 Å². The van der Waals surface area contributed by atoms with Gasteiger partial charge in [0.2, 0.25) is 0 Å². The Balaban J connectivity index is 2.42. The maximum atomic E-state index is 11.3. The molecule has 0 spiro atoms. The molecule has 0 unspecified atom stereocenters. The summed E-state index contributed by atoms with van der Waals surface area (Å²) in [4.78, 5) is 0.171. The highest BCUT2D eigenvalue weighted by molar-refractivity contribution is 8.13. The Morgan fingerprint density at radius 2 is 2.07 bits per heavy atom. The van der Waals surface area contributed by atoms with Crippen LogP contribution in [0.4, 0.5) is 0 Å². The van der Waals surface area contributed by atoms with Crippen molar-refractivity contribution in [1.29, 1.82) is 0 Å². The van der Waals surface area contributed by atoms with Crippen LogP contribution in [-0.2, 0) is 15.6 Å². The lowest BCUT2D eigenvalue weighted by molar-refractivity contribution is 0.545. The Morgan fingerprint density at radius 3 is 2.47 bits per heavy atom. The van der Waals surface area contributed by atoms with E-state index >= 15 is 0 Å². The molecule has 0 radical (unpaired) electrons. The third-order valence-corrected chi connectivity index (χ3v) is 4.23. The van der Waals surface area contributed by atoms with E-state index in [1.165, 1.54) is 12.8 Å². The molecule has 84 valence electrons. The molecule has 1 aliphatic carbocycles. The topological polar surface area (TPSA) is 52.0 Å². The van der Waals surface area contributed by atoms with Gasteiger partial charge in [0.1, 0.15) is 4.90 Å². The Bertz CT molecular complexity index is 488. The fraction of sp³-hybridized carbons (Fsp3) is 0.667. The monoisotopic (exact) mass is 248 g/mol. The first-order chi connectivity index (χ1) is 6.89. The molecule has 1 saturated carbocycles. The van der Waals surface area contributed by atoms with E-state index in [-0.39, 0.29) is 4.90 Å². The van der Waals surface area contributed by atoms with Gasteiger partial charge in [-0.05, 0) is 32.6 Å². The highest BCUT2D eigenvalue weighted by atomic mass is 35.7. The van der Waals surface area contributed by atoms with Gasteiger partial charge in [-0.15, -0.1) is 0 Å². The smallest absolute Gasteiger partial charge is 0.264 e. The Morgan fingerprint density at radius 1 is 1.47 bits per heavy atom. The molecule has 0 saturated heterocycles. The molecular weight excluding hydrogens is 236 g/mol. The van der Waals surface area contributed by atoms with Crippen LogP contribution in [0, 0.1) is 19.8 Å². The minimum atomic E-state index is -3.67. The summed E-state index contributed by atoms with van der Waals surface area (Å²) < 4.78 is 24.4. The number of hydrogen-bond donors (Lipinski definition) is 0. The first kappa shape index (κ1) is 11.0. The van der Waals surface area contributed by atoms with Crippen molar-refractivity contribution < 1.29 is 8.42 Å². The summed E-state index contributed by atoms with van der Waals surface area (Å²) in [5.74, 6) is 0.661. The van der Waals surface area contributed by atoms with E-state index in [4.69, 9.17) is 10.7 Å². The van der Waals surface area contributed by atoms with Crippen LogP contribution >= 0.6 is 10.7 Å². The molecule has 1 aliphatic rings. The molecule has 4 nitrogen and oxygen atoms in total. The molecule has 1 aromatic rings. The van der Waals surface area contributed by atoms with Crippen LogP contribution in [0.2, 0.25) is 0 Å². The first-order valence-electron chi connectivity index (χ1n) is 4.88. The molecule has 0 amide bonds. The van der Waals surface area contributed by atoms with Crippen LogP contribution in [0.15, 0.2) is 4.90 Å². The van der Waals surface area contributed by atoms with Gasteiger partial charge in [-0.1, -0.05) is 0 Å². The second-order valence-electron chi connectivity index (χ2n) is 4.06. The van der Waals surface area contributed by atoms with Crippen LogP contribution in [0.1, 0.15) is 24.2 Å². The largest absolute Gasteiger partial charge is 0.268 e. The quantitative estimate of drug-likeness (QED) is 0.767. The molecule has 0 aliphatic heterocycles. The Labute approximate surface area is 93.7 Å². The average Bonchev–Trinajstić information content (AvgIpc) is 2.79. The summed E-state index contributed by atoms with van der Waals surface area (Å²) in [7, 11) is 1.68. The Hall–Kier alpha value is -0.550. The zero-order valence-corrected chi connectivity index (χ0v) is 10.3. The van der Waals surface area contributed by atoms with Crippen LogP contribution in [-0.4, -0.2) is 18.2 Å². The summed E-state index contributed by atoms with van der Waals surface area (Å²) in [6.45, 7) is 4.22. The fourth-order valence-electron chi connectivity index (χ4n) is 1.76. The minimum absolute atomic E-state index is 0.171. The molecule has 0 atom stereocenters. The molecule has 0 aromatic carbocycles. The lowest BCUT2D eigenvalue weighted by atomic mass is 10.4. The Kier molecular flexibility index (Phi) is 2.55. The van der Waals surface area contributed by atoms with E-state index in [0.29, 0.717) is 17.3 Å². The number of aromatic nitrogens is 2. The number of rotatable bonds is 3. The molecule has 0 N–H and O–H groups in total. The second-order valence-corrected chi connectivity index (χ2v) is 6.57. The van der Waals surface area contributed by atoms with Gasteiger partial charge < -0.3 is 0 Å². The summed E-state index contributed by atoms with van der Waals surface area (Å²) in [5.41, 5.74) is 1.14. The molecule has 1 aromatic heterocycles. The van der Waals surface area contributed by atoms with E-state index < -0.39 is 9.05 Å². The predicted octanol–water partition coefficient (Wildman–Crippen LogP) is 1.84. The van der Waals surface area contributed by atoms with Gasteiger partial charge in [-0.3, -0.25) is 4.68 Å². The molecule has 2 rings (SSSR count). The first-order valence-corrected chi connectivity index (χ1v) is 7.19. The third kappa shape index (κ3) is 2.18. The van der Waals surface area contributed by atoms with Gasteiger partial charge in [-0.2, -0.15) is 5.10 Å². The van der Waals surface area contributed by atoms with Crippen molar-refractivity contribution in [3.8, 4) is 0 Å². The van der Waals surface area contributed by atoms with Crippen molar-refractivity contribution in [3.05, 3.63) is 11.4 Å². The zero-order valence-electron chi connectivity index (χ0n) is 8.70. The van der Waals surface area contributed by atoms with Crippen molar-refractivity contribution in [1.82, 2.24) is 9.78 Å². The average molecular weight is 249 g/mol. The fourth-order valence-corrected chi connectivity index (χ4v) is 3.28. The van der Waals surface area contributed by atoms with Gasteiger partial charge >= 0.3 is 0 Å². The van der Waals surface area contributed by atoms with Gasteiger partial charge in [0.05, 0.1) is 11.4 Å². The van der Waals surface area contributed by atoms with E-state index in [0.717, 1.165) is 6.54 Å². The molecule has 15 heavy (non-hydrogen) atoms. The SMILES string of the molecule is Cc1nn(CC2CC2)c(C)c1S(=O)(=O)Cl. The van der Waals surface area contributed by atoms with Crippen molar-refractivity contribution in [3.63, 3.8) is 0 Å². The predicted molar refractivity (Wildman–Crippen MR) is 57.5 cm³/mol. The maximum Gasteiger partial charge on any atom is 0.264 e. The van der Waals surface area contributed by atoms with Gasteiger partial charge in [0, 0.05) is 17.2 Å². The molecule has 0 bridgehead atoms. The number of aryl methyl sites for hydroxylation is 1. The second kappa shape index (κ2) is 3.49. The van der Waals surface area contributed by atoms with Gasteiger partial charge in [-0.25, -0.2) is 8.42 Å². The van der Waals surface area contributed by atoms with E-state index in [1.54, 1.807) is 18.5 Å². The van der Waals surface area contributed by atoms with Gasteiger partial charge in [0.25, 0.3) is 9.05 Å². The lowest BCUT2D eigenvalue weighted by Gasteiger charge is -2.02. The third-order valence-electron chi connectivity index (χ3n) is 2.69. The molecule has 1 fully saturated rings. The number of halogens is 1. The van der Waals surface area contributed by atoms with E-state index in [2.05, 4.69) is 5.10 Å². The number of hydrogen-bond acceptors (Lipinski definition) is 3. The van der Waals surface area contributed by atoms with Crippen LogP contribution in [0.3, 0.4) is 0 Å². The van der Waals surface area contributed by atoms with Gasteiger partial charge in [0.15, 0.2) is 0 Å². The highest BCUT2D eigenvalue weighted by Gasteiger charge is 2.27. The highest BCUT2D eigenvalue weighted by Crippen LogP contribution is 2.32. The van der Waals surface area contributed by atoms with Crippen molar-refractivity contribution in [2.24, 2.45) is 5.92 Å². The van der Waals surface area contributed by atoms with Crippen LogP contribution < -0.4 is 0 Å². The van der Waals surface area contributed by atoms with Crippen molar-refractivity contribution in [2.45, 2.75) is 38.1 Å². The summed E-state index contributed by atoms with van der Waals surface area (Å²) in [5, 5.41) is 4.21. The molecule has 1 heterocycles. The van der Waals surface area contributed by atoms with E-state index in [9.17, 15) is 8.42 Å². The molecule has 6 heteroatoms. The maximum absolute atomic E-state index is 11.3. The van der Waals surface area contributed by atoms with E-state index in [1.807, 2.05) is 0 Å². The summed E-state index contributed by atoms with van der Waals surface area (Å²) in [6.07, 6.45) is 2.42. The summed E-state index contributed by atoms with van der Waals surface area (Å²) >= 11 is 0. The standard InChI is InChI=1S/C9H13ClN2O2S/c1-6-9(15(10,13)14)7(2)12(11-6)5-8-3-4-8/h8H,3-5H2,1-2H3. The van der Waals surface area contributed by atoms with Crippen molar-refractivity contribution in [2.75, 3.05) is 0 Å². The lowest BCUT2D eigenvalue weighted by Crippen LogP contribution is -2.04. The normalized spacial score (nSPS) is 17.0. The van der Waals surface area contributed by atoms with Crippen molar-refractivity contribution >= 4 is 19.7 Å². The van der Waals surface area contributed by atoms with Crippen LogP contribution in [0.5, 0.6) is 0 Å². The molecular formula is C9H13ClN2O2S. The summed E-state index contributed by atoms with van der Waals surface area (Å²) in [6, 6.07) is 0. The zero-order chi connectivity index (χ0) is 11.2. The number of nitrogens with zero attached hydrogens (tertiary/aromatic N) is 2.